The fraction of sp³-hybridized carbons (Fsp3) is 0.333. The van der Waals surface area contributed by atoms with E-state index in [1.54, 1.807) is 0 Å². The Morgan fingerprint density at radius 3 is 2.82 bits per heavy atom. The first kappa shape index (κ1) is 9.39. The zero-order valence-corrected chi connectivity index (χ0v) is 9.70. The third-order valence-corrected chi connectivity index (χ3v) is 3.73. The Kier molecular flexibility index (Phi) is 3.72. The number of thioether (sulfide) groups is 1. The molecule has 11 heavy (non-hydrogen) atoms. The zero-order valence-electron chi connectivity index (χ0n) is 6.73. The third-order valence-electron chi connectivity index (χ3n) is 1.52. The van der Waals surface area contributed by atoms with Crippen LogP contribution in [0.4, 0.5) is 0 Å². The highest BCUT2D eigenvalue weighted by atomic mass is 127. The molecule has 0 aliphatic carbocycles. The Labute approximate surface area is 85.9 Å². The third kappa shape index (κ3) is 2.37. The van der Waals surface area contributed by atoms with Gasteiger partial charge in [-0.25, -0.2) is 0 Å². The minimum absolute atomic E-state index is 1.15. The molecular weight excluding hydrogens is 267 g/mol. The molecule has 0 spiro atoms. The van der Waals surface area contributed by atoms with E-state index in [-0.39, 0.29) is 0 Å². The first-order valence-corrected chi connectivity index (χ1v) is 5.70. The van der Waals surface area contributed by atoms with E-state index in [2.05, 4.69) is 54.6 Å². The average molecular weight is 278 g/mol. The molecule has 1 aromatic carbocycles. The molecule has 0 aromatic heterocycles. The van der Waals surface area contributed by atoms with E-state index in [4.69, 9.17) is 0 Å². The van der Waals surface area contributed by atoms with Crippen LogP contribution in [-0.2, 0) is 0 Å². The molecule has 0 heterocycles. The summed E-state index contributed by atoms with van der Waals surface area (Å²) in [5.74, 6) is 1.15. The molecule has 0 aliphatic rings. The first-order chi connectivity index (χ1) is 5.25. The summed E-state index contributed by atoms with van der Waals surface area (Å²) in [6.07, 6.45) is 0. The Morgan fingerprint density at radius 2 is 2.18 bits per heavy atom. The van der Waals surface area contributed by atoms with Crippen LogP contribution in [0.5, 0.6) is 0 Å². The lowest BCUT2D eigenvalue weighted by Crippen LogP contribution is -1.83. The molecular formula is C9H11IS. The molecule has 0 aliphatic heterocycles. The SMILES string of the molecule is CCSc1cccc(I)c1C. The Bertz CT molecular complexity index is 245. The molecule has 0 saturated carbocycles. The number of benzene rings is 1. The van der Waals surface area contributed by atoms with Gasteiger partial charge in [-0.15, -0.1) is 11.8 Å². The van der Waals surface area contributed by atoms with Crippen LogP contribution in [0.1, 0.15) is 12.5 Å². The van der Waals surface area contributed by atoms with Gasteiger partial charge in [0.05, 0.1) is 0 Å². The van der Waals surface area contributed by atoms with Gasteiger partial charge in [0, 0.05) is 8.47 Å². The highest BCUT2D eigenvalue weighted by Gasteiger charge is 1.99. The molecule has 0 bridgehead atoms. The fourth-order valence-corrected chi connectivity index (χ4v) is 2.39. The van der Waals surface area contributed by atoms with Crippen LogP contribution in [0.15, 0.2) is 23.1 Å². The maximum Gasteiger partial charge on any atom is 0.0170 e. The molecule has 0 fully saturated rings. The van der Waals surface area contributed by atoms with Crippen molar-refractivity contribution >= 4 is 34.4 Å². The van der Waals surface area contributed by atoms with Crippen LogP contribution >= 0.6 is 34.4 Å². The summed E-state index contributed by atoms with van der Waals surface area (Å²) < 4.78 is 1.36. The first-order valence-electron chi connectivity index (χ1n) is 3.63. The Morgan fingerprint density at radius 1 is 1.45 bits per heavy atom. The maximum absolute atomic E-state index is 2.38. The predicted molar refractivity (Wildman–Crippen MR) is 60.3 cm³/mol. The van der Waals surface area contributed by atoms with Crippen molar-refractivity contribution in [1.82, 2.24) is 0 Å². The minimum atomic E-state index is 1.15. The van der Waals surface area contributed by atoms with Crippen molar-refractivity contribution < 1.29 is 0 Å². The summed E-state index contributed by atoms with van der Waals surface area (Å²) in [7, 11) is 0. The van der Waals surface area contributed by atoms with E-state index in [9.17, 15) is 0 Å². The van der Waals surface area contributed by atoms with Crippen molar-refractivity contribution in [2.75, 3.05) is 5.75 Å². The van der Waals surface area contributed by atoms with Crippen LogP contribution in [-0.4, -0.2) is 5.75 Å². The van der Waals surface area contributed by atoms with Gasteiger partial charge in [0.15, 0.2) is 0 Å². The van der Waals surface area contributed by atoms with E-state index in [0.717, 1.165) is 5.75 Å². The second-order valence-corrected chi connectivity index (χ2v) is 4.76. The van der Waals surface area contributed by atoms with E-state index < -0.39 is 0 Å². The van der Waals surface area contributed by atoms with Gasteiger partial charge in [0.2, 0.25) is 0 Å². The lowest BCUT2D eigenvalue weighted by atomic mass is 10.2. The molecule has 0 N–H and O–H groups in total. The van der Waals surface area contributed by atoms with Crippen molar-refractivity contribution in [2.45, 2.75) is 18.7 Å². The highest BCUT2D eigenvalue weighted by molar-refractivity contribution is 14.1. The summed E-state index contributed by atoms with van der Waals surface area (Å²) in [5.41, 5.74) is 1.42. The lowest BCUT2D eigenvalue weighted by Gasteiger charge is -2.04. The summed E-state index contributed by atoms with van der Waals surface area (Å²) in [4.78, 5) is 1.42. The molecule has 0 radical (unpaired) electrons. The summed E-state index contributed by atoms with van der Waals surface area (Å²) >= 11 is 4.29. The summed E-state index contributed by atoms with van der Waals surface area (Å²) in [6.45, 7) is 4.36. The molecule has 60 valence electrons. The van der Waals surface area contributed by atoms with Crippen molar-refractivity contribution in [2.24, 2.45) is 0 Å². The van der Waals surface area contributed by atoms with Gasteiger partial charge < -0.3 is 0 Å². The van der Waals surface area contributed by atoms with Gasteiger partial charge in [0.25, 0.3) is 0 Å². The van der Waals surface area contributed by atoms with Crippen LogP contribution in [0.2, 0.25) is 0 Å². The molecule has 1 rings (SSSR count). The van der Waals surface area contributed by atoms with E-state index in [1.165, 1.54) is 14.0 Å². The van der Waals surface area contributed by atoms with Crippen LogP contribution in [0.3, 0.4) is 0 Å². The van der Waals surface area contributed by atoms with Gasteiger partial charge >= 0.3 is 0 Å². The molecule has 1 aromatic rings. The lowest BCUT2D eigenvalue weighted by molar-refractivity contribution is 1.27. The quantitative estimate of drug-likeness (QED) is 0.587. The highest BCUT2D eigenvalue weighted by Crippen LogP contribution is 2.24. The Hall–Kier alpha value is 0.300. The predicted octanol–water partition coefficient (Wildman–Crippen LogP) is 3.71. The number of halogens is 1. The molecule has 0 amide bonds. The van der Waals surface area contributed by atoms with Crippen LogP contribution < -0.4 is 0 Å². The average Bonchev–Trinajstić information content (AvgIpc) is 1.99. The van der Waals surface area contributed by atoms with E-state index in [1.807, 2.05) is 11.8 Å². The van der Waals surface area contributed by atoms with Crippen molar-refractivity contribution in [3.8, 4) is 0 Å². The number of hydrogen-bond donors (Lipinski definition) is 0. The number of rotatable bonds is 2. The largest absolute Gasteiger partial charge is 0.126 e. The normalized spacial score (nSPS) is 10.1. The van der Waals surface area contributed by atoms with Gasteiger partial charge in [0.1, 0.15) is 0 Å². The van der Waals surface area contributed by atoms with Gasteiger partial charge in [-0.05, 0) is 53.0 Å². The molecule has 0 atom stereocenters. The van der Waals surface area contributed by atoms with Gasteiger partial charge in [-0.2, -0.15) is 0 Å². The van der Waals surface area contributed by atoms with Crippen molar-refractivity contribution in [3.05, 3.63) is 27.3 Å². The van der Waals surface area contributed by atoms with E-state index in [0.29, 0.717) is 0 Å². The Balaban J connectivity index is 2.96. The summed E-state index contributed by atoms with van der Waals surface area (Å²) in [6, 6.07) is 6.45. The van der Waals surface area contributed by atoms with Crippen molar-refractivity contribution in [3.63, 3.8) is 0 Å². The molecule has 0 unspecified atom stereocenters. The molecule has 0 saturated heterocycles. The fourth-order valence-electron chi connectivity index (χ4n) is 0.900. The zero-order chi connectivity index (χ0) is 8.27. The van der Waals surface area contributed by atoms with Crippen LogP contribution in [0, 0.1) is 10.5 Å². The maximum atomic E-state index is 2.38. The van der Waals surface area contributed by atoms with Gasteiger partial charge in [-0.1, -0.05) is 13.0 Å². The summed E-state index contributed by atoms with van der Waals surface area (Å²) in [5, 5.41) is 0. The second kappa shape index (κ2) is 4.36. The van der Waals surface area contributed by atoms with Crippen LogP contribution in [0.25, 0.3) is 0 Å². The van der Waals surface area contributed by atoms with Crippen molar-refractivity contribution in [1.29, 1.82) is 0 Å². The minimum Gasteiger partial charge on any atom is -0.126 e. The smallest absolute Gasteiger partial charge is 0.0170 e. The molecule has 0 nitrogen and oxygen atoms in total. The number of hydrogen-bond acceptors (Lipinski definition) is 1. The monoisotopic (exact) mass is 278 g/mol. The standard InChI is InChI=1S/C9H11IS/c1-3-11-9-6-4-5-8(10)7(9)2/h4-6H,3H2,1-2H3. The topological polar surface area (TPSA) is 0 Å². The van der Waals surface area contributed by atoms with Gasteiger partial charge in [-0.3, -0.25) is 0 Å². The second-order valence-electron chi connectivity index (χ2n) is 2.30. The van der Waals surface area contributed by atoms with E-state index >= 15 is 0 Å². The molecule has 2 heteroatoms.